The molecule has 6 nitrogen and oxygen atoms in total. The molecule has 0 fully saturated rings. The first-order valence-corrected chi connectivity index (χ1v) is 14.5. The zero-order valence-electron chi connectivity index (χ0n) is 19.5. The van der Waals surface area contributed by atoms with Gasteiger partial charge in [0.15, 0.2) is 0 Å². The average molecular weight is 439 g/mol. The molecule has 1 amide bonds. The fourth-order valence-corrected chi connectivity index (χ4v) is 4.33. The molecule has 0 unspecified atom stereocenters. The number of hydrogen-bond acceptors (Lipinski definition) is 4. The van der Waals surface area contributed by atoms with Gasteiger partial charge in [-0.1, -0.05) is 39.1 Å². The van der Waals surface area contributed by atoms with Gasteiger partial charge in [0.05, 0.1) is 19.0 Å². The molecule has 31 heavy (non-hydrogen) atoms. The van der Waals surface area contributed by atoms with Gasteiger partial charge < -0.3 is 9.64 Å². The van der Waals surface area contributed by atoms with E-state index in [9.17, 15) is 4.79 Å². The second-order valence-corrected chi connectivity index (χ2v) is 13.9. The lowest BCUT2D eigenvalue weighted by Gasteiger charge is -2.42. The molecule has 0 aliphatic carbocycles. The molecule has 2 aromatic rings. The fraction of sp³-hybridized carbons (Fsp3) is 0.500. The Labute approximate surface area is 187 Å². The number of benzene rings is 1. The lowest BCUT2D eigenvalue weighted by Crippen LogP contribution is -2.54. The van der Waals surface area contributed by atoms with E-state index in [4.69, 9.17) is 4.74 Å². The van der Waals surface area contributed by atoms with Crippen molar-refractivity contribution in [3.8, 4) is 17.2 Å². The van der Waals surface area contributed by atoms with Crippen molar-refractivity contribution in [2.24, 2.45) is 7.05 Å². The summed E-state index contributed by atoms with van der Waals surface area (Å²) < 4.78 is 7.25. The van der Waals surface area contributed by atoms with Gasteiger partial charge in [0, 0.05) is 19.7 Å². The Morgan fingerprint density at radius 2 is 2.10 bits per heavy atom. The number of amides is 1. The Balaban J connectivity index is 2.11. The molecule has 3 rings (SSSR count). The van der Waals surface area contributed by atoms with Gasteiger partial charge >= 0.3 is 0 Å². The van der Waals surface area contributed by atoms with E-state index in [0.717, 1.165) is 36.4 Å². The van der Waals surface area contributed by atoms with Gasteiger partial charge in [-0.3, -0.25) is 14.8 Å². The maximum absolute atomic E-state index is 13.5. The molecule has 1 aromatic carbocycles. The summed E-state index contributed by atoms with van der Waals surface area (Å²) in [5.74, 6) is 3.65. The topological polar surface area (TPSA) is 59.4 Å². The molecule has 0 bridgehead atoms. The van der Waals surface area contributed by atoms with E-state index in [1.807, 2.05) is 30.3 Å². The van der Waals surface area contributed by atoms with Gasteiger partial charge in [-0.25, -0.2) is 0 Å². The Bertz CT molecular complexity index is 983. The summed E-state index contributed by atoms with van der Waals surface area (Å²) in [6.07, 6.45) is 4.63. The SMILES string of the molecule is CCCCN[C@H]1Cc2cc(OC)ccc2[C@H](c2ccn(C)n2)N1C(=O)C#C[Si](C)(C)C. The molecule has 2 atom stereocenters. The van der Waals surface area contributed by atoms with E-state index in [1.54, 1.807) is 11.8 Å². The molecule has 0 spiro atoms. The molecular formula is C24H34N4O2Si. The van der Waals surface area contributed by atoms with Crippen molar-refractivity contribution >= 4 is 14.0 Å². The molecular weight excluding hydrogens is 404 g/mol. The van der Waals surface area contributed by atoms with E-state index in [-0.39, 0.29) is 18.1 Å². The minimum Gasteiger partial charge on any atom is -0.497 e. The summed E-state index contributed by atoms with van der Waals surface area (Å²) in [6.45, 7) is 9.47. The highest BCUT2D eigenvalue weighted by atomic mass is 28.3. The normalized spacial score (nSPS) is 18.2. The first-order valence-electron chi connectivity index (χ1n) is 11.0. The highest BCUT2D eigenvalue weighted by Gasteiger charge is 2.39. The Morgan fingerprint density at radius 3 is 2.71 bits per heavy atom. The third-order valence-electron chi connectivity index (χ3n) is 5.38. The Morgan fingerprint density at radius 1 is 1.32 bits per heavy atom. The van der Waals surface area contributed by atoms with Crippen LogP contribution in [0.5, 0.6) is 5.75 Å². The van der Waals surface area contributed by atoms with Crippen LogP contribution in [0.3, 0.4) is 0 Å². The monoisotopic (exact) mass is 438 g/mol. The molecule has 0 radical (unpaired) electrons. The molecule has 0 saturated heterocycles. The highest BCUT2D eigenvalue weighted by molar-refractivity contribution is 6.84. The number of aryl methyl sites for hydroxylation is 1. The molecule has 1 aliphatic rings. The van der Waals surface area contributed by atoms with Crippen LogP contribution in [-0.4, -0.2) is 48.5 Å². The first kappa shape index (κ1) is 23.1. The van der Waals surface area contributed by atoms with Gasteiger partial charge in [0.25, 0.3) is 5.91 Å². The quantitative estimate of drug-likeness (QED) is 0.426. The number of rotatable bonds is 6. The van der Waals surface area contributed by atoms with Crippen LogP contribution in [0.25, 0.3) is 0 Å². The Kier molecular flexibility index (Phi) is 7.24. The molecule has 7 heteroatoms. The predicted octanol–water partition coefficient (Wildman–Crippen LogP) is 3.50. The maximum Gasteiger partial charge on any atom is 0.299 e. The maximum atomic E-state index is 13.5. The van der Waals surface area contributed by atoms with E-state index in [0.29, 0.717) is 6.42 Å². The Hall–Kier alpha value is -2.56. The van der Waals surface area contributed by atoms with Gasteiger partial charge in [-0.05, 0) is 48.2 Å². The van der Waals surface area contributed by atoms with Gasteiger partial charge in [0.2, 0.25) is 0 Å². The van der Waals surface area contributed by atoms with Crippen LogP contribution in [0.1, 0.15) is 42.6 Å². The van der Waals surface area contributed by atoms with Crippen molar-refractivity contribution in [2.75, 3.05) is 13.7 Å². The zero-order chi connectivity index (χ0) is 22.6. The average Bonchev–Trinajstić information content (AvgIpc) is 3.16. The van der Waals surface area contributed by atoms with Crippen molar-refractivity contribution in [2.45, 2.75) is 58.0 Å². The van der Waals surface area contributed by atoms with Crippen LogP contribution in [0.4, 0.5) is 0 Å². The van der Waals surface area contributed by atoms with Crippen LogP contribution in [0, 0.1) is 11.5 Å². The zero-order valence-corrected chi connectivity index (χ0v) is 20.5. The standard InChI is InChI=1S/C24H34N4O2Si/c1-7-8-13-25-22-17-18-16-19(30-3)9-10-20(18)24(21-11-14-27(2)26-21)28(22)23(29)12-15-31(4,5)6/h9-11,14,16,22,24-25H,7-8,13,17H2,1-6H3/t22-,24-/m1/s1. The van der Waals surface area contributed by atoms with E-state index in [1.165, 1.54) is 5.56 Å². The molecule has 1 aliphatic heterocycles. The molecule has 0 saturated carbocycles. The van der Waals surface area contributed by atoms with Crippen molar-refractivity contribution in [3.63, 3.8) is 0 Å². The summed E-state index contributed by atoms with van der Waals surface area (Å²) >= 11 is 0. The van der Waals surface area contributed by atoms with Crippen LogP contribution >= 0.6 is 0 Å². The number of carbonyl (C=O) groups excluding carboxylic acids is 1. The highest BCUT2D eigenvalue weighted by Crippen LogP contribution is 2.38. The molecule has 1 N–H and O–H groups in total. The minimum atomic E-state index is -1.68. The summed E-state index contributed by atoms with van der Waals surface area (Å²) in [5.41, 5.74) is 6.35. The van der Waals surface area contributed by atoms with Crippen LogP contribution in [-0.2, 0) is 18.3 Å². The van der Waals surface area contributed by atoms with E-state index < -0.39 is 8.07 Å². The van der Waals surface area contributed by atoms with Crippen LogP contribution < -0.4 is 10.1 Å². The number of nitrogens with zero attached hydrogens (tertiary/aromatic N) is 3. The van der Waals surface area contributed by atoms with Crippen molar-refractivity contribution in [3.05, 3.63) is 47.3 Å². The fourth-order valence-electron chi connectivity index (χ4n) is 3.85. The van der Waals surface area contributed by atoms with Crippen LogP contribution in [0.2, 0.25) is 19.6 Å². The van der Waals surface area contributed by atoms with Crippen molar-refractivity contribution in [1.82, 2.24) is 20.0 Å². The second kappa shape index (κ2) is 9.71. The van der Waals surface area contributed by atoms with Gasteiger partial charge in [-0.15, -0.1) is 5.54 Å². The van der Waals surface area contributed by atoms with Gasteiger partial charge in [-0.2, -0.15) is 5.10 Å². The largest absolute Gasteiger partial charge is 0.497 e. The lowest BCUT2D eigenvalue weighted by molar-refractivity contribution is -0.130. The number of ether oxygens (including phenoxy) is 1. The van der Waals surface area contributed by atoms with Crippen molar-refractivity contribution < 1.29 is 9.53 Å². The molecule has 1 aromatic heterocycles. The van der Waals surface area contributed by atoms with Crippen molar-refractivity contribution in [1.29, 1.82) is 0 Å². The summed E-state index contributed by atoms with van der Waals surface area (Å²) in [4.78, 5) is 15.4. The third-order valence-corrected chi connectivity index (χ3v) is 6.25. The number of methoxy groups -OCH3 is 1. The lowest BCUT2D eigenvalue weighted by atomic mass is 9.88. The summed E-state index contributed by atoms with van der Waals surface area (Å²) in [5, 5.41) is 8.28. The number of unbranched alkanes of at least 4 members (excludes halogenated alkanes) is 1. The minimum absolute atomic E-state index is 0.145. The molecule has 2 heterocycles. The predicted molar refractivity (Wildman–Crippen MR) is 126 cm³/mol. The van der Waals surface area contributed by atoms with Crippen LogP contribution in [0.15, 0.2) is 30.5 Å². The number of hydrogen-bond donors (Lipinski definition) is 1. The van der Waals surface area contributed by atoms with Gasteiger partial charge in [0.1, 0.15) is 19.9 Å². The number of aromatic nitrogens is 2. The van der Waals surface area contributed by atoms with E-state index in [2.05, 4.69) is 60.6 Å². The summed E-state index contributed by atoms with van der Waals surface area (Å²) in [7, 11) is 1.90. The number of nitrogens with one attached hydrogen (secondary N) is 1. The summed E-state index contributed by atoms with van der Waals surface area (Å²) in [6, 6.07) is 7.78. The number of carbonyl (C=O) groups is 1. The molecule has 166 valence electrons. The number of fused-ring (bicyclic) bond motifs is 1. The third kappa shape index (κ3) is 5.57. The van der Waals surface area contributed by atoms with E-state index >= 15 is 0 Å². The first-order chi connectivity index (χ1) is 14.7. The second-order valence-electron chi connectivity index (χ2n) is 9.12. The smallest absolute Gasteiger partial charge is 0.299 e.